The van der Waals surface area contributed by atoms with Crippen molar-refractivity contribution in [3.05, 3.63) is 57.0 Å². The number of carbonyl (C=O) groups excluding carboxylic acids is 2. The van der Waals surface area contributed by atoms with Crippen molar-refractivity contribution in [1.29, 1.82) is 0 Å². The van der Waals surface area contributed by atoms with E-state index in [1.807, 2.05) is 0 Å². The summed E-state index contributed by atoms with van der Waals surface area (Å²) < 4.78 is 30.3. The monoisotopic (exact) mass is 464 g/mol. The average molecular weight is 466 g/mol. The lowest BCUT2D eigenvalue weighted by molar-refractivity contribution is -0.119. The molecule has 0 unspecified atom stereocenters. The zero-order chi connectivity index (χ0) is 21.1. The largest absolute Gasteiger partial charge is 0.452 e. The molecular formula is C17H15Cl3N2O5S. The van der Waals surface area contributed by atoms with Crippen molar-refractivity contribution in [2.45, 2.75) is 4.90 Å². The first kappa shape index (κ1) is 22.4. The molecule has 150 valence electrons. The third-order valence-corrected chi connectivity index (χ3v) is 6.46. The molecule has 0 aliphatic rings. The number of benzene rings is 2. The topological polar surface area (TPSA) is 92.8 Å². The van der Waals surface area contributed by atoms with Gasteiger partial charge in [0.1, 0.15) is 0 Å². The van der Waals surface area contributed by atoms with Crippen molar-refractivity contribution in [3.8, 4) is 0 Å². The smallest absolute Gasteiger partial charge is 0.340 e. The van der Waals surface area contributed by atoms with Gasteiger partial charge >= 0.3 is 5.97 Å². The Morgan fingerprint density at radius 3 is 2.39 bits per heavy atom. The minimum atomic E-state index is -3.77. The summed E-state index contributed by atoms with van der Waals surface area (Å²) in [6.07, 6.45) is 0. The van der Waals surface area contributed by atoms with Gasteiger partial charge in [-0.25, -0.2) is 17.5 Å². The fourth-order valence-corrected chi connectivity index (χ4v) is 3.50. The highest BCUT2D eigenvalue weighted by Crippen LogP contribution is 2.29. The van der Waals surface area contributed by atoms with Gasteiger partial charge in [0.25, 0.3) is 5.91 Å². The average Bonchev–Trinajstić information content (AvgIpc) is 2.63. The predicted molar refractivity (Wildman–Crippen MR) is 108 cm³/mol. The van der Waals surface area contributed by atoms with Crippen LogP contribution in [0, 0.1) is 0 Å². The van der Waals surface area contributed by atoms with Gasteiger partial charge in [0.05, 0.1) is 31.2 Å². The van der Waals surface area contributed by atoms with Crippen LogP contribution in [-0.4, -0.2) is 45.3 Å². The quantitative estimate of drug-likeness (QED) is 0.657. The number of sulfonamides is 1. The lowest BCUT2D eigenvalue weighted by atomic mass is 10.2. The van der Waals surface area contributed by atoms with Crippen LogP contribution in [-0.2, 0) is 19.6 Å². The number of halogens is 3. The molecule has 0 aromatic heterocycles. The van der Waals surface area contributed by atoms with Crippen LogP contribution in [0.1, 0.15) is 10.4 Å². The van der Waals surface area contributed by atoms with Crippen molar-refractivity contribution in [2.24, 2.45) is 0 Å². The molecular weight excluding hydrogens is 451 g/mol. The molecule has 1 N–H and O–H groups in total. The summed E-state index contributed by atoms with van der Waals surface area (Å²) in [6, 6.07) is 8.29. The van der Waals surface area contributed by atoms with Crippen molar-refractivity contribution >= 4 is 62.4 Å². The van der Waals surface area contributed by atoms with Gasteiger partial charge in [-0.05, 0) is 30.3 Å². The van der Waals surface area contributed by atoms with Gasteiger partial charge in [-0.1, -0.05) is 40.9 Å². The first-order chi connectivity index (χ1) is 13.0. The zero-order valence-electron chi connectivity index (χ0n) is 14.7. The van der Waals surface area contributed by atoms with E-state index in [2.05, 4.69) is 5.32 Å². The van der Waals surface area contributed by atoms with E-state index >= 15 is 0 Å². The Balaban J connectivity index is 2.11. The van der Waals surface area contributed by atoms with Crippen molar-refractivity contribution in [3.63, 3.8) is 0 Å². The summed E-state index contributed by atoms with van der Waals surface area (Å²) in [5.74, 6) is -1.61. The number of amides is 1. The highest BCUT2D eigenvalue weighted by molar-refractivity contribution is 7.89. The molecule has 11 heteroatoms. The highest BCUT2D eigenvalue weighted by Gasteiger charge is 2.22. The number of hydrogen-bond donors (Lipinski definition) is 1. The Hall–Kier alpha value is -1.84. The number of nitrogens with zero attached hydrogens (tertiary/aromatic N) is 1. The van der Waals surface area contributed by atoms with Crippen molar-refractivity contribution < 1.29 is 22.7 Å². The molecule has 0 radical (unpaired) electrons. The van der Waals surface area contributed by atoms with E-state index in [0.29, 0.717) is 0 Å². The fraction of sp³-hybridized carbons (Fsp3) is 0.176. The lowest BCUT2D eigenvalue weighted by Crippen LogP contribution is -2.23. The van der Waals surface area contributed by atoms with Gasteiger partial charge in [-0.3, -0.25) is 4.79 Å². The number of esters is 1. The molecule has 0 heterocycles. The van der Waals surface area contributed by atoms with Crippen LogP contribution >= 0.6 is 34.8 Å². The first-order valence-corrected chi connectivity index (χ1v) is 10.2. The van der Waals surface area contributed by atoms with Crippen molar-refractivity contribution in [1.82, 2.24) is 4.31 Å². The van der Waals surface area contributed by atoms with Gasteiger partial charge in [0.2, 0.25) is 10.0 Å². The minimum Gasteiger partial charge on any atom is -0.452 e. The number of rotatable bonds is 6. The van der Waals surface area contributed by atoms with Crippen LogP contribution in [0.3, 0.4) is 0 Å². The SMILES string of the molecule is CN(C)S(=O)(=O)c1ccc(Cl)c(C(=O)OCC(=O)Nc2cccc(Cl)c2Cl)c1. The summed E-state index contributed by atoms with van der Waals surface area (Å²) in [4.78, 5) is 24.1. The van der Waals surface area contributed by atoms with E-state index in [-0.39, 0.29) is 31.2 Å². The van der Waals surface area contributed by atoms with E-state index < -0.39 is 28.5 Å². The maximum absolute atomic E-state index is 12.3. The molecule has 2 aromatic carbocycles. The lowest BCUT2D eigenvalue weighted by Gasteiger charge is -2.13. The molecule has 2 aromatic rings. The van der Waals surface area contributed by atoms with E-state index in [4.69, 9.17) is 39.5 Å². The van der Waals surface area contributed by atoms with E-state index in [0.717, 1.165) is 10.4 Å². The molecule has 2 rings (SSSR count). The van der Waals surface area contributed by atoms with Gasteiger partial charge in [-0.2, -0.15) is 0 Å². The Labute approximate surface area is 177 Å². The summed E-state index contributed by atoms with van der Waals surface area (Å²) in [5, 5.41) is 2.84. The number of carbonyl (C=O) groups is 2. The van der Waals surface area contributed by atoms with Gasteiger partial charge in [-0.15, -0.1) is 0 Å². The Morgan fingerprint density at radius 1 is 1.07 bits per heavy atom. The number of nitrogens with one attached hydrogen (secondary N) is 1. The van der Waals surface area contributed by atoms with E-state index in [1.165, 1.54) is 32.3 Å². The highest BCUT2D eigenvalue weighted by atomic mass is 35.5. The summed E-state index contributed by atoms with van der Waals surface area (Å²) in [7, 11) is -1.06. The number of ether oxygens (including phenoxy) is 1. The summed E-state index contributed by atoms with van der Waals surface area (Å²) in [5.41, 5.74) is 0.0745. The molecule has 0 spiro atoms. The summed E-state index contributed by atoms with van der Waals surface area (Å²) in [6.45, 7) is -0.636. The molecule has 0 bridgehead atoms. The van der Waals surface area contributed by atoms with Crippen LogP contribution in [0.2, 0.25) is 15.1 Å². The molecule has 0 saturated heterocycles. The molecule has 0 saturated carbocycles. The number of hydrogen-bond acceptors (Lipinski definition) is 5. The molecule has 1 amide bonds. The number of anilines is 1. The van der Waals surface area contributed by atoms with Gasteiger partial charge in [0, 0.05) is 14.1 Å². The standard InChI is InChI=1S/C17H15Cl3N2O5S/c1-22(2)28(25,26)10-6-7-12(18)11(8-10)17(24)27-9-15(23)21-14-5-3-4-13(19)16(14)20/h3-8H,9H2,1-2H3,(H,21,23). The second-order valence-electron chi connectivity index (χ2n) is 5.65. The second-order valence-corrected chi connectivity index (χ2v) is 9.00. The molecule has 0 aliphatic carbocycles. The minimum absolute atomic E-state index is 0.0130. The maximum Gasteiger partial charge on any atom is 0.340 e. The Morgan fingerprint density at radius 2 is 1.75 bits per heavy atom. The van der Waals surface area contributed by atoms with Crippen LogP contribution < -0.4 is 5.32 Å². The van der Waals surface area contributed by atoms with E-state index in [1.54, 1.807) is 12.1 Å². The normalized spacial score (nSPS) is 11.4. The third-order valence-electron chi connectivity index (χ3n) is 3.50. The molecule has 0 atom stereocenters. The third kappa shape index (κ3) is 5.15. The molecule has 7 nitrogen and oxygen atoms in total. The maximum atomic E-state index is 12.3. The van der Waals surface area contributed by atoms with Crippen LogP contribution in [0.5, 0.6) is 0 Å². The molecule has 0 aliphatic heterocycles. The molecule has 28 heavy (non-hydrogen) atoms. The predicted octanol–water partition coefficient (Wildman–Crippen LogP) is 3.69. The van der Waals surface area contributed by atoms with Crippen LogP contribution in [0.15, 0.2) is 41.3 Å². The second kappa shape index (κ2) is 9.11. The zero-order valence-corrected chi connectivity index (χ0v) is 17.8. The molecule has 0 fully saturated rings. The van der Waals surface area contributed by atoms with Gasteiger partial charge in [0.15, 0.2) is 6.61 Å². The van der Waals surface area contributed by atoms with Crippen LogP contribution in [0.25, 0.3) is 0 Å². The van der Waals surface area contributed by atoms with E-state index in [9.17, 15) is 18.0 Å². The van der Waals surface area contributed by atoms with Gasteiger partial charge < -0.3 is 10.1 Å². The Bertz CT molecular complexity index is 1030. The van der Waals surface area contributed by atoms with Crippen molar-refractivity contribution in [2.75, 3.05) is 26.0 Å². The Kier molecular flexibility index (Phi) is 7.30. The fourth-order valence-electron chi connectivity index (χ4n) is 2.03. The summed E-state index contributed by atoms with van der Waals surface area (Å²) >= 11 is 17.8. The first-order valence-electron chi connectivity index (χ1n) is 7.67. The van der Waals surface area contributed by atoms with Crippen LogP contribution in [0.4, 0.5) is 5.69 Å².